The smallest absolute Gasteiger partial charge is 0.127 e. The predicted molar refractivity (Wildman–Crippen MR) is 85.2 cm³/mol. The van der Waals surface area contributed by atoms with Crippen LogP contribution in [-0.4, -0.2) is 6.04 Å². The molecule has 1 saturated carbocycles. The van der Waals surface area contributed by atoms with Crippen molar-refractivity contribution < 1.29 is 4.39 Å². The lowest BCUT2D eigenvalue weighted by molar-refractivity contribution is 0.269. The minimum Gasteiger partial charge on any atom is -0.307 e. The molecular weight excluding hydrogens is 285 g/mol. The van der Waals surface area contributed by atoms with Gasteiger partial charge in [0.2, 0.25) is 0 Å². The molecule has 0 radical (unpaired) electrons. The van der Waals surface area contributed by atoms with Crippen molar-refractivity contribution in [3.05, 3.63) is 70.5 Å². The number of rotatable bonds is 4. The summed E-state index contributed by atoms with van der Waals surface area (Å²) in [6.07, 6.45) is 2.12. The van der Waals surface area contributed by atoms with Gasteiger partial charge in [-0.15, -0.1) is 0 Å². The maximum Gasteiger partial charge on any atom is 0.127 e. The van der Waals surface area contributed by atoms with Crippen molar-refractivity contribution in [3.8, 4) is 0 Å². The Balaban J connectivity index is 1.58. The van der Waals surface area contributed by atoms with Gasteiger partial charge in [-0.2, -0.15) is 0 Å². The van der Waals surface area contributed by atoms with E-state index < -0.39 is 0 Å². The van der Waals surface area contributed by atoms with Crippen molar-refractivity contribution >= 4 is 11.6 Å². The number of halogens is 2. The molecular formula is C18H19ClFN. The highest BCUT2D eigenvalue weighted by Gasteiger charge is 2.32. The van der Waals surface area contributed by atoms with Gasteiger partial charge in [0.25, 0.3) is 0 Å². The molecule has 0 heterocycles. The van der Waals surface area contributed by atoms with Crippen molar-refractivity contribution in [1.82, 2.24) is 5.32 Å². The van der Waals surface area contributed by atoms with E-state index in [-0.39, 0.29) is 11.9 Å². The predicted octanol–water partition coefficient (Wildman–Crippen LogP) is 5.08. The monoisotopic (exact) mass is 303 g/mol. The van der Waals surface area contributed by atoms with Gasteiger partial charge in [-0.05, 0) is 43.4 Å². The summed E-state index contributed by atoms with van der Waals surface area (Å²) in [7, 11) is 0. The second kappa shape index (κ2) is 6.17. The molecule has 0 bridgehead atoms. The van der Waals surface area contributed by atoms with E-state index in [1.807, 2.05) is 37.3 Å². The van der Waals surface area contributed by atoms with Gasteiger partial charge in [-0.1, -0.05) is 48.0 Å². The van der Waals surface area contributed by atoms with Crippen LogP contribution in [0.25, 0.3) is 0 Å². The molecule has 1 aliphatic carbocycles. The average molecular weight is 304 g/mol. The zero-order valence-electron chi connectivity index (χ0n) is 12.0. The first-order valence-electron chi connectivity index (χ1n) is 7.40. The van der Waals surface area contributed by atoms with Crippen molar-refractivity contribution in [3.63, 3.8) is 0 Å². The van der Waals surface area contributed by atoms with Crippen LogP contribution in [0.4, 0.5) is 4.39 Å². The molecule has 1 fully saturated rings. The summed E-state index contributed by atoms with van der Waals surface area (Å²) in [5, 5.41) is 4.36. The SMILES string of the molecule is C[C@@H](NC1CC(c2ccccc2Cl)C1)c1ccccc1F. The number of benzene rings is 2. The Labute approximate surface area is 130 Å². The van der Waals surface area contributed by atoms with Crippen LogP contribution < -0.4 is 5.32 Å². The third-order valence-corrected chi connectivity index (χ3v) is 4.68. The fourth-order valence-electron chi connectivity index (χ4n) is 3.08. The van der Waals surface area contributed by atoms with Gasteiger partial charge in [0.1, 0.15) is 5.82 Å². The summed E-state index contributed by atoms with van der Waals surface area (Å²) in [5.41, 5.74) is 1.97. The van der Waals surface area contributed by atoms with E-state index in [1.54, 1.807) is 6.07 Å². The van der Waals surface area contributed by atoms with E-state index in [0.717, 1.165) is 23.4 Å². The van der Waals surface area contributed by atoms with Crippen molar-refractivity contribution in [2.45, 2.75) is 37.8 Å². The summed E-state index contributed by atoms with van der Waals surface area (Å²) < 4.78 is 13.7. The summed E-state index contributed by atoms with van der Waals surface area (Å²) in [6, 6.07) is 15.5. The van der Waals surface area contributed by atoms with Crippen LogP contribution in [-0.2, 0) is 0 Å². The highest BCUT2D eigenvalue weighted by atomic mass is 35.5. The lowest BCUT2D eigenvalue weighted by Crippen LogP contribution is -2.41. The lowest BCUT2D eigenvalue weighted by atomic mass is 9.75. The van der Waals surface area contributed by atoms with Gasteiger partial charge in [0, 0.05) is 22.7 Å². The first-order chi connectivity index (χ1) is 10.1. The third-order valence-electron chi connectivity index (χ3n) is 4.34. The second-order valence-corrected chi connectivity index (χ2v) is 6.20. The summed E-state index contributed by atoms with van der Waals surface area (Å²) in [5.74, 6) is 0.378. The van der Waals surface area contributed by atoms with E-state index in [9.17, 15) is 4.39 Å². The van der Waals surface area contributed by atoms with E-state index >= 15 is 0 Å². The van der Waals surface area contributed by atoms with E-state index in [2.05, 4.69) is 11.4 Å². The summed E-state index contributed by atoms with van der Waals surface area (Å²) in [6.45, 7) is 2.02. The Kier molecular flexibility index (Phi) is 4.27. The molecule has 21 heavy (non-hydrogen) atoms. The van der Waals surface area contributed by atoms with Gasteiger partial charge in [-0.3, -0.25) is 0 Å². The Bertz CT molecular complexity index is 622. The molecule has 1 nitrogen and oxygen atoms in total. The first kappa shape index (κ1) is 14.6. The van der Waals surface area contributed by atoms with Crippen LogP contribution in [0.1, 0.15) is 42.9 Å². The minimum absolute atomic E-state index is 0.0309. The Morgan fingerprint density at radius 2 is 1.76 bits per heavy atom. The minimum atomic E-state index is -0.139. The van der Waals surface area contributed by atoms with Crippen LogP contribution in [0.5, 0.6) is 0 Å². The first-order valence-corrected chi connectivity index (χ1v) is 7.78. The van der Waals surface area contributed by atoms with Crippen LogP contribution in [0, 0.1) is 5.82 Å². The fourth-order valence-corrected chi connectivity index (χ4v) is 3.37. The van der Waals surface area contributed by atoms with Crippen molar-refractivity contribution in [1.29, 1.82) is 0 Å². The molecule has 0 saturated heterocycles. The molecule has 1 aliphatic rings. The average Bonchev–Trinajstić information content (AvgIpc) is 2.44. The zero-order chi connectivity index (χ0) is 14.8. The van der Waals surface area contributed by atoms with Gasteiger partial charge in [-0.25, -0.2) is 4.39 Å². The maximum atomic E-state index is 13.7. The van der Waals surface area contributed by atoms with Gasteiger partial charge >= 0.3 is 0 Å². The van der Waals surface area contributed by atoms with E-state index in [4.69, 9.17) is 11.6 Å². The number of nitrogens with one attached hydrogen (secondary N) is 1. The Morgan fingerprint density at radius 1 is 1.10 bits per heavy atom. The Morgan fingerprint density at radius 3 is 2.48 bits per heavy atom. The third kappa shape index (κ3) is 3.12. The molecule has 0 aromatic heterocycles. The van der Waals surface area contributed by atoms with E-state index in [1.165, 1.54) is 11.6 Å². The highest BCUT2D eigenvalue weighted by molar-refractivity contribution is 6.31. The van der Waals surface area contributed by atoms with Gasteiger partial charge in [0.15, 0.2) is 0 Å². The van der Waals surface area contributed by atoms with Gasteiger partial charge in [0.05, 0.1) is 0 Å². The molecule has 0 unspecified atom stereocenters. The second-order valence-electron chi connectivity index (χ2n) is 5.80. The van der Waals surface area contributed by atoms with Crippen molar-refractivity contribution in [2.75, 3.05) is 0 Å². The molecule has 1 atom stereocenters. The lowest BCUT2D eigenvalue weighted by Gasteiger charge is -2.38. The number of hydrogen-bond acceptors (Lipinski definition) is 1. The summed E-state index contributed by atoms with van der Waals surface area (Å²) >= 11 is 6.23. The molecule has 0 aliphatic heterocycles. The number of hydrogen-bond donors (Lipinski definition) is 1. The maximum absolute atomic E-state index is 13.7. The zero-order valence-corrected chi connectivity index (χ0v) is 12.8. The topological polar surface area (TPSA) is 12.0 Å². The van der Waals surface area contributed by atoms with E-state index in [0.29, 0.717) is 12.0 Å². The molecule has 3 heteroatoms. The van der Waals surface area contributed by atoms with Gasteiger partial charge < -0.3 is 5.32 Å². The molecule has 3 rings (SSSR count). The molecule has 0 spiro atoms. The molecule has 2 aromatic carbocycles. The fraction of sp³-hybridized carbons (Fsp3) is 0.333. The highest BCUT2D eigenvalue weighted by Crippen LogP contribution is 2.40. The largest absolute Gasteiger partial charge is 0.307 e. The molecule has 110 valence electrons. The molecule has 0 amide bonds. The van der Waals surface area contributed by atoms with Crippen LogP contribution in [0.2, 0.25) is 5.02 Å². The van der Waals surface area contributed by atoms with Crippen LogP contribution in [0.3, 0.4) is 0 Å². The van der Waals surface area contributed by atoms with Crippen LogP contribution >= 0.6 is 11.6 Å². The van der Waals surface area contributed by atoms with Crippen molar-refractivity contribution in [2.24, 2.45) is 0 Å². The molecule has 2 aromatic rings. The molecule has 1 N–H and O–H groups in total. The Hall–Kier alpha value is -1.38. The van der Waals surface area contributed by atoms with Crippen LogP contribution in [0.15, 0.2) is 48.5 Å². The summed E-state index contributed by atoms with van der Waals surface area (Å²) in [4.78, 5) is 0. The quantitative estimate of drug-likeness (QED) is 0.831. The standard InChI is InChI=1S/C18H19ClFN/c1-12(15-6-3-5-9-18(15)20)21-14-10-13(11-14)16-7-2-4-8-17(16)19/h2-9,12-14,21H,10-11H2,1H3/t12-,13?,14?/m1/s1. The normalized spacial score (nSPS) is 22.6.